The van der Waals surface area contributed by atoms with Crippen LogP contribution in [0.25, 0.3) is 6.08 Å². The number of carbonyl (C=O) groups is 1. The highest BCUT2D eigenvalue weighted by atomic mass is 79.9. The molecule has 0 atom stereocenters. The van der Waals surface area contributed by atoms with E-state index in [4.69, 9.17) is 5.11 Å². The topological polar surface area (TPSA) is 101 Å². The summed E-state index contributed by atoms with van der Waals surface area (Å²) in [4.78, 5) is 20.1. The van der Waals surface area contributed by atoms with Gasteiger partial charge in [0.1, 0.15) is 0 Å². The number of carboxylic acid groups (broad SMARTS) is 1. The van der Waals surface area contributed by atoms with Crippen LogP contribution in [0.5, 0.6) is 5.75 Å². The van der Waals surface area contributed by atoms with E-state index < -0.39 is 22.3 Å². The number of nitro benzene ring substituents is 1. The third kappa shape index (κ3) is 2.80. The zero-order valence-electron chi connectivity index (χ0n) is 7.75. The van der Waals surface area contributed by atoms with Crippen molar-refractivity contribution in [2.75, 3.05) is 0 Å². The van der Waals surface area contributed by atoms with Crippen LogP contribution in [0.2, 0.25) is 0 Å². The van der Waals surface area contributed by atoms with Crippen molar-refractivity contribution in [3.05, 3.63) is 38.4 Å². The third-order valence-corrected chi connectivity index (χ3v) is 2.14. The van der Waals surface area contributed by atoms with Crippen LogP contribution in [0.1, 0.15) is 5.56 Å². The molecule has 0 amide bonds. The quantitative estimate of drug-likeness (QED) is 0.504. The van der Waals surface area contributed by atoms with Crippen molar-refractivity contribution in [3.63, 3.8) is 0 Å². The van der Waals surface area contributed by atoms with Crippen LogP contribution < -0.4 is 0 Å². The molecule has 0 unspecified atom stereocenters. The summed E-state index contributed by atoms with van der Waals surface area (Å²) in [6, 6.07) is 2.51. The minimum Gasteiger partial charge on any atom is -0.502 e. The number of hydrogen-bond donors (Lipinski definition) is 2. The predicted molar refractivity (Wildman–Crippen MR) is 59.1 cm³/mol. The molecule has 0 spiro atoms. The van der Waals surface area contributed by atoms with Crippen LogP contribution in [-0.2, 0) is 4.79 Å². The number of carboxylic acids is 1. The number of benzene rings is 1. The van der Waals surface area contributed by atoms with Crippen molar-refractivity contribution in [1.82, 2.24) is 0 Å². The van der Waals surface area contributed by atoms with Gasteiger partial charge in [-0.25, -0.2) is 4.79 Å². The van der Waals surface area contributed by atoms with Crippen LogP contribution >= 0.6 is 15.9 Å². The molecule has 84 valence electrons. The number of aromatic hydroxyl groups is 1. The van der Waals surface area contributed by atoms with Gasteiger partial charge in [0.25, 0.3) is 0 Å². The number of phenols is 1. The number of hydrogen-bond acceptors (Lipinski definition) is 4. The van der Waals surface area contributed by atoms with E-state index in [1.165, 1.54) is 6.07 Å². The van der Waals surface area contributed by atoms with Crippen molar-refractivity contribution < 1.29 is 19.9 Å². The molecule has 0 aliphatic heterocycles. The first-order chi connectivity index (χ1) is 7.41. The SMILES string of the molecule is O=C(O)/C=C/c1cc(Br)cc([N+](=O)[O-])c1O. The number of rotatable bonds is 3. The summed E-state index contributed by atoms with van der Waals surface area (Å²) in [6.45, 7) is 0. The number of phenolic OH excluding ortho intramolecular Hbond substituents is 1. The van der Waals surface area contributed by atoms with Gasteiger partial charge < -0.3 is 10.2 Å². The Bertz CT molecular complexity index is 483. The fourth-order valence-electron chi connectivity index (χ4n) is 1.03. The molecule has 1 aromatic rings. The van der Waals surface area contributed by atoms with Crippen molar-refractivity contribution in [2.24, 2.45) is 0 Å². The van der Waals surface area contributed by atoms with E-state index in [9.17, 15) is 20.0 Å². The third-order valence-electron chi connectivity index (χ3n) is 1.69. The summed E-state index contributed by atoms with van der Waals surface area (Å²) in [5.74, 6) is -1.77. The maximum absolute atomic E-state index is 10.5. The highest BCUT2D eigenvalue weighted by Gasteiger charge is 2.17. The van der Waals surface area contributed by atoms with Crippen LogP contribution in [-0.4, -0.2) is 21.1 Å². The summed E-state index contributed by atoms with van der Waals surface area (Å²) < 4.78 is 0.377. The molecule has 0 saturated carbocycles. The normalized spacial score (nSPS) is 10.6. The molecule has 1 aromatic carbocycles. The zero-order valence-corrected chi connectivity index (χ0v) is 9.34. The van der Waals surface area contributed by atoms with Crippen LogP contribution in [0, 0.1) is 10.1 Å². The van der Waals surface area contributed by atoms with E-state index in [0.717, 1.165) is 18.2 Å². The second kappa shape index (κ2) is 4.75. The van der Waals surface area contributed by atoms with Crippen molar-refractivity contribution >= 4 is 33.7 Å². The zero-order chi connectivity index (χ0) is 12.3. The van der Waals surface area contributed by atoms with Crippen molar-refractivity contribution in [2.45, 2.75) is 0 Å². The molecule has 0 aliphatic rings. The molecule has 6 nitrogen and oxygen atoms in total. The lowest BCUT2D eigenvalue weighted by atomic mass is 10.1. The first kappa shape index (κ1) is 12.2. The summed E-state index contributed by atoms with van der Waals surface area (Å²) in [5.41, 5.74) is -0.428. The fourth-order valence-corrected chi connectivity index (χ4v) is 1.50. The Labute approximate surface area is 98.1 Å². The molecule has 16 heavy (non-hydrogen) atoms. The number of halogens is 1. The minimum atomic E-state index is -1.21. The largest absolute Gasteiger partial charge is 0.502 e. The molecule has 7 heteroatoms. The van der Waals surface area contributed by atoms with Gasteiger partial charge in [0.05, 0.1) is 4.92 Å². The molecule has 0 fully saturated rings. The molecule has 0 saturated heterocycles. The first-order valence-electron chi connectivity index (χ1n) is 3.99. The Balaban J connectivity index is 3.29. The number of aliphatic carboxylic acids is 1. The predicted octanol–water partition coefficient (Wildman–Crippen LogP) is 2.16. The van der Waals surface area contributed by atoms with Gasteiger partial charge in [0, 0.05) is 22.2 Å². The fraction of sp³-hybridized carbons (Fsp3) is 0. The smallest absolute Gasteiger partial charge is 0.328 e. The van der Waals surface area contributed by atoms with Gasteiger partial charge in [-0.3, -0.25) is 10.1 Å². The highest BCUT2D eigenvalue weighted by molar-refractivity contribution is 9.10. The lowest BCUT2D eigenvalue weighted by Crippen LogP contribution is -1.91. The average molecular weight is 288 g/mol. The molecule has 1 rings (SSSR count). The van der Waals surface area contributed by atoms with Gasteiger partial charge in [-0.05, 0) is 12.1 Å². The van der Waals surface area contributed by atoms with Crippen molar-refractivity contribution in [1.29, 1.82) is 0 Å². The van der Waals surface area contributed by atoms with Crippen LogP contribution in [0.3, 0.4) is 0 Å². The van der Waals surface area contributed by atoms with E-state index in [2.05, 4.69) is 15.9 Å². The molecule has 0 bridgehead atoms. The molecule has 2 N–H and O–H groups in total. The molecule has 0 aromatic heterocycles. The average Bonchev–Trinajstić information content (AvgIpc) is 2.18. The summed E-state index contributed by atoms with van der Waals surface area (Å²) >= 11 is 3.03. The van der Waals surface area contributed by atoms with Gasteiger partial charge in [-0.2, -0.15) is 0 Å². The van der Waals surface area contributed by atoms with E-state index >= 15 is 0 Å². The Hall–Kier alpha value is -1.89. The van der Waals surface area contributed by atoms with Gasteiger partial charge >= 0.3 is 11.7 Å². The van der Waals surface area contributed by atoms with E-state index in [1.807, 2.05) is 0 Å². The highest BCUT2D eigenvalue weighted by Crippen LogP contribution is 2.34. The van der Waals surface area contributed by atoms with E-state index in [1.54, 1.807) is 0 Å². The minimum absolute atomic E-state index is 0.0588. The summed E-state index contributed by atoms with van der Waals surface area (Å²) in [5, 5.41) is 28.4. The van der Waals surface area contributed by atoms with Crippen molar-refractivity contribution in [3.8, 4) is 5.75 Å². The van der Waals surface area contributed by atoms with Crippen LogP contribution in [0.15, 0.2) is 22.7 Å². The molecule has 0 aliphatic carbocycles. The van der Waals surface area contributed by atoms with Gasteiger partial charge in [0.15, 0.2) is 0 Å². The summed E-state index contributed by atoms with van der Waals surface area (Å²) in [6.07, 6.45) is 1.86. The Morgan fingerprint density at radius 2 is 2.12 bits per heavy atom. The van der Waals surface area contributed by atoms with E-state index in [-0.39, 0.29) is 5.56 Å². The maximum atomic E-state index is 10.5. The van der Waals surface area contributed by atoms with Gasteiger partial charge in [-0.15, -0.1) is 0 Å². The molecular formula is C9H6BrNO5. The number of nitro groups is 1. The standard InChI is InChI=1S/C9H6BrNO5/c10-6-3-5(1-2-8(12)13)9(14)7(4-6)11(15)16/h1-4,14H,(H,12,13)/b2-1+. The molecule has 0 heterocycles. The molecule has 0 radical (unpaired) electrons. The summed E-state index contributed by atoms with van der Waals surface area (Å²) in [7, 11) is 0. The number of nitrogens with zero attached hydrogens (tertiary/aromatic N) is 1. The first-order valence-corrected chi connectivity index (χ1v) is 4.79. The van der Waals surface area contributed by atoms with Crippen LogP contribution in [0.4, 0.5) is 5.69 Å². The monoisotopic (exact) mass is 287 g/mol. The second-order valence-electron chi connectivity index (χ2n) is 2.79. The maximum Gasteiger partial charge on any atom is 0.328 e. The lowest BCUT2D eigenvalue weighted by molar-refractivity contribution is -0.385. The Morgan fingerprint density at radius 1 is 1.50 bits per heavy atom. The lowest BCUT2D eigenvalue weighted by Gasteiger charge is -2.01. The molecular weight excluding hydrogens is 282 g/mol. The Kier molecular flexibility index (Phi) is 3.62. The van der Waals surface area contributed by atoms with Gasteiger partial charge in [0.2, 0.25) is 5.75 Å². The second-order valence-corrected chi connectivity index (χ2v) is 3.71. The van der Waals surface area contributed by atoms with Gasteiger partial charge in [-0.1, -0.05) is 15.9 Å². The van der Waals surface area contributed by atoms with E-state index in [0.29, 0.717) is 4.47 Å². The Morgan fingerprint density at radius 3 is 2.62 bits per heavy atom.